The molecule has 0 bridgehead atoms. The Kier molecular flexibility index (Phi) is 5.40. The monoisotopic (exact) mass is 391 g/mol. The van der Waals surface area contributed by atoms with Crippen LogP contribution in [0.5, 0.6) is 0 Å². The van der Waals surface area contributed by atoms with Gasteiger partial charge >= 0.3 is 0 Å². The van der Waals surface area contributed by atoms with Gasteiger partial charge < -0.3 is 14.7 Å². The Bertz CT molecular complexity index is 914. The molecule has 0 aromatic heterocycles. The Morgan fingerprint density at radius 3 is 2.36 bits per heavy atom. The summed E-state index contributed by atoms with van der Waals surface area (Å²) < 4.78 is 0. The van der Waals surface area contributed by atoms with Gasteiger partial charge in [-0.1, -0.05) is 42.1 Å². The van der Waals surface area contributed by atoms with E-state index in [0.29, 0.717) is 5.37 Å². The van der Waals surface area contributed by atoms with Crippen LogP contribution in [0.3, 0.4) is 0 Å². The lowest BCUT2D eigenvalue weighted by Crippen LogP contribution is -2.35. The van der Waals surface area contributed by atoms with Crippen LogP contribution in [-0.4, -0.2) is 37.0 Å². The molecular formula is C24H29N3S. The van der Waals surface area contributed by atoms with Gasteiger partial charge in [-0.15, -0.1) is 0 Å². The average molecular weight is 392 g/mol. The van der Waals surface area contributed by atoms with Crippen molar-refractivity contribution >= 4 is 28.7 Å². The van der Waals surface area contributed by atoms with E-state index in [-0.39, 0.29) is 0 Å². The normalized spacial score (nSPS) is 19.5. The Labute approximate surface area is 173 Å². The van der Waals surface area contributed by atoms with E-state index in [1.54, 1.807) is 0 Å². The lowest BCUT2D eigenvalue weighted by molar-refractivity contribution is 0.373. The van der Waals surface area contributed by atoms with E-state index in [2.05, 4.69) is 103 Å². The fraction of sp³-hybridized carbons (Fsp3) is 0.333. The highest BCUT2D eigenvalue weighted by Gasteiger charge is 2.29. The minimum atomic E-state index is 0.322. The van der Waals surface area contributed by atoms with Crippen LogP contribution in [0.2, 0.25) is 0 Å². The maximum absolute atomic E-state index is 2.50. The minimum absolute atomic E-state index is 0.322. The average Bonchev–Trinajstić information content (AvgIpc) is 3.09. The van der Waals surface area contributed by atoms with Gasteiger partial charge in [0, 0.05) is 42.8 Å². The topological polar surface area (TPSA) is 9.72 Å². The zero-order valence-corrected chi connectivity index (χ0v) is 18.0. The highest BCUT2D eigenvalue weighted by Crippen LogP contribution is 2.45. The van der Waals surface area contributed by atoms with Gasteiger partial charge in [0.2, 0.25) is 0 Å². The highest BCUT2D eigenvalue weighted by molar-refractivity contribution is 8.00. The number of thioether (sulfide) groups is 1. The number of hydrogen-bond acceptors (Lipinski definition) is 4. The van der Waals surface area contributed by atoms with Crippen molar-refractivity contribution in [2.24, 2.45) is 0 Å². The van der Waals surface area contributed by atoms with E-state index in [0.717, 1.165) is 19.6 Å². The van der Waals surface area contributed by atoms with E-state index in [1.807, 2.05) is 11.8 Å². The molecule has 1 atom stereocenters. The second kappa shape index (κ2) is 7.96. The first-order valence-electron chi connectivity index (χ1n) is 10.2. The molecule has 0 N–H and O–H groups in total. The minimum Gasteiger partial charge on any atom is -0.359 e. The smallest absolute Gasteiger partial charge is 0.109 e. The molecule has 2 aromatic rings. The first-order valence-corrected chi connectivity index (χ1v) is 11.1. The second-order valence-electron chi connectivity index (χ2n) is 7.14. The molecular weight excluding hydrogens is 362 g/mol. The van der Waals surface area contributed by atoms with Crippen LogP contribution in [0.1, 0.15) is 26.3 Å². The number of anilines is 2. The number of rotatable bonds is 5. The van der Waals surface area contributed by atoms with Gasteiger partial charge in [-0.3, -0.25) is 0 Å². The van der Waals surface area contributed by atoms with Crippen molar-refractivity contribution in [1.82, 2.24) is 4.90 Å². The molecule has 4 heteroatoms. The van der Waals surface area contributed by atoms with Crippen molar-refractivity contribution < 1.29 is 0 Å². The van der Waals surface area contributed by atoms with E-state index in [1.165, 1.54) is 33.2 Å². The summed E-state index contributed by atoms with van der Waals surface area (Å²) in [4.78, 5) is 8.63. The summed E-state index contributed by atoms with van der Waals surface area (Å²) in [6, 6.07) is 17.5. The quantitative estimate of drug-likeness (QED) is 0.650. The van der Waals surface area contributed by atoms with Crippen LogP contribution < -0.4 is 9.80 Å². The molecule has 2 aliphatic rings. The molecule has 0 amide bonds. The van der Waals surface area contributed by atoms with Gasteiger partial charge in [-0.25, -0.2) is 0 Å². The number of nitrogens with zero attached hydrogens (tertiary/aromatic N) is 3. The number of likely N-dealkylation sites (N-methyl/N-ethyl adjacent to an activating group) is 1. The summed E-state index contributed by atoms with van der Waals surface area (Å²) in [5, 5.41) is 0.322. The van der Waals surface area contributed by atoms with Gasteiger partial charge in [0.1, 0.15) is 5.82 Å². The molecule has 0 aliphatic carbocycles. The van der Waals surface area contributed by atoms with E-state index in [9.17, 15) is 0 Å². The number of para-hydroxylation sites is 2. The molecule has 3 nitrogen and oxygen atoms in total. The van der Waals surface area contributed by atoms with Crippen LogP contribution in [0.15, 0.2) is 71.4 Å². The van der Waals surface area contributed by atoms with Crippen molar-refractivity contribution in [3.05, 3.63) is 72.1 Å². The highest BCUT2D eigenvalue weighted by atomic mass is 32.2. The Morgan fingerprint density at radius 1 is 0.964 bits per heavy atom. The van der Waals surface area contributed by atoms with E-state index in [4.69, 9.17) is 0 Å². The Hall–Kier alpha value is -2.33. The standard InChI is InChI=1S/C24H29N3S/c1-5-26(6-2)23-16-18(19-12-8-9-13-20(19)25(23)4)17-24-27(7-3)21-14-10-11-15-22(21)28-24/h8-17,24H,5-7H2,1-4H3. The first-order chi connectivity index (χ1) is 13.7. The van der Waals surface area contributed by atoms with Gasteiger partial charge in [0.05, 0.1) is 11.1 Å². The van der Waals surface area contributed by atoms with Gasteiger partial charge in [-0.05, 0) is 56.7 Å². The van der Waals surface area contributed by atoms with E-state index < -0.39 is 0 Å². The molecule has 0 spiro atoms. The number of fused-ring (bicyclic) bond motifs is 2. The zero-order valence-electron chi connectivity index (χ0n) is 17.2. The van der Waals surface area contributed by atoms with Gasteiger partial charge in [0.25, 0.3) is 0 Å². The summed E-state index contributed by atoms with van der Waals surface area (Å²) in [6.45, 7) is 9.72. The molecule has 4 rings (SSSR count). The molecule has 2 aromatic carbocycles. The summed E-state index contributed by atoms with van der Waals surface area (Å²) in [5.74, 6) is 1.28. The summed E-state index contributed by atoms with van der Waals surface area (Å²) in [6.07, 6.45) is 4.82. The predicted octanol–water partition coefficient (Wildman–Crippen LogP) is 5.66. The van der Waals surface area contributed by atoms with Crippen LogP contribution in [-0.2, 0) is 0 Å². The lowest BCUT2D eigenvalue weighted by atomic mass is 9.98. The van der Waals surface area contributed by atoms with E-state index >= 15 is 0 Å². The van der Waals surface area contributed by atoms with Gasteiger partial charge in [0.15, 0.2) is 0 Å². The lowest BCUT2D eigenvalue weighted by Gasteiger charge is -2.37. The Balaban J connectivity index is 1.78. The Morgan fingerprint density at radius 2 is 1.64 bits per heavy atom. The zero-order chi connectivity index (χ0) is 19.7. The molecule has 0 saturated heterocycles. The maximum atomic E-state index is 2.50. The molecule has 146 valence electrons. The van der Waals surface area contributed by atoms with Crippen molar-refractivity contribution in [2.45, 2.75) is 31.0 Å². The predicted molar refractivity (Wildman–Crippen MR) is 123 cm³/mol. The summed E-state index contributed by atoms with van der Waals surface area (Å²) >= 11 is 1.95. The largest absolute Gasteiger partial charge is 0.359 e. The van der Waals surface area contributed by atoms with Crippen molar-refractivity contribution in [1.29, 1.82) is 0 Å². The van der Waals surface area contributed by atoms with Crippen LogP contribution >= 0.6 is 11.8 Å². The second-order valence-corrected chi connectivity index (χ2v) is 8.29. The third-order valence-corrected chi connectivity index (χ3v) is 6.92. The number of benzene rings is 2. The third-order valence-electron chi connectivity index (χ3n) is 5.68. The number of allylic oxidation sites excluding steroid dienone is 2. The van der Waals surface area contributed by atoms with Crippen LogP contribution in [0.4, 0.5) is 11.4 Å². The summed E-state index contributed by atoms with van der Waals surface area (Å²) in [5.41, 5.74) is 5.26. The number of hydrogen-bond donors (Lipinski definition) is 0. The van der Waals surface area contributed by atoms with Gasteiger partial charge in [-0.2, -0.15) is 0 Å². The van der Waals surface area contributed by atoms with Crippen LogP contribution in [0, 0.1) is 0 Å². The molecule has 0 fully saturated rings. The molecule has 2 aliphatic heterocycles. The first kappa shape index (κ1) is 19.0. The van der Waals surface area contributed by atoms with Crippen molar-refractivity contribution in [3.63, 3.8) is 0 Å². The SMILES string of the molecule is CCN(CC)C1=CC(=CC2Sc3ccccc3N2CC)c2ccccc2N1C. The summed E-state index contributed by atoms with van der Waals surface area (Å²) in [7, 11) is 2.18. The molecule has 0 saturated carbocycles. The van der Waals surface area contributed by atoms with Crippen LogP contribution in [0.25, 0.3) is 5.57 Å². The fourth-order valence-corrected chi connectivity index (χ4v) is 5.52. The fourth-order valence-electron chi connectivity index (χ4n) is 4.19. The molecule has 28 heavy (non-hydrogen) atoms. The third kappa shape index (κ3) is 3.20. The molecule has 0 radical (unpaired) electrons. The molecule has 2 heterocycles. The maximum Gasteiger partial charge on any atom is 0.109 e. The van der Waals surface area contributed by atoms with Crippen molar-refractivity contribution in [2.75, 3.05) is 36.5 Å². The molecule has 1 unspecified atom stereocenters. The van der Waals surface area contributed by atoms with Crippen molar-refractivity contribution in [3.8, 4) is 0 Å².